The summed E-state index contributed by atoms with van der Waals surface area (Å²) in [5, 5.41) is 6.31. The van der Waals surface area contributed by atoms with E-state index in [0.717, 1.165) is 49.1 Å². The highest BCUT2D eigenvalue weighted by atomic mass is 19.2. The van der Waals surface area contributed by atoms with Gasteiger partial charge in [-0.2, -0.15) is 0 Å². The van der Waals surface area contributed by atoms with Gasteiger partial charge in [-0.1, -0.05) is 43.2 Å². The number of piperazine rings is 1. The topological polar surface area (TPSA) is 97.7 Å². The normalized spacial score (nSPS) is 20.9. The van der Waals surface area contributed by atoms with E-state index in [0.29, 0.717) is 31.7 Å². The quantitative estimate of drug-likeness (QED) is 0.415. The molecule has 2 aliphatic rings. The fourth-order valence-corrected chi connectivity index (χ4v) is 5.78. The molecule has 1 aromatic heterocycles. The number of hydrogen-bond acceptors (Lipinski definition) is 6. The molecule has 1 saturated carbocycles. The van der Waals surface area contributed by atoms with Crippen LogP contribution in [0.25, 0.3) is 11.3 Å². The molecule has 5 rings (SSSR count). The lowest BCUT2D eigenvalue weighted by Gasteiger charge is -2.36. The number of nitrogens with one attached hydrogen (secondary N) is 2. The van der Waals surface area contributed by atoms with Crippen molar-refractivity contribution in [2.24, 2.45) is 0 Å². The molecule has 11 heteroatoms. The molecule has 1 saturated heterocycles. The second kappa shape index (κ2) is 13.1. The van der Waals surface area contributed by atoms with Crippen LogP contribution >= 0.6 is 0 Å². The summed E-state index contributed by atoms with van der Waals surface area (Å²) in [7, 11) is 1.35. The number of aromatic nitrogens is 2. The molecular weight excluding hydrogens is 532 g/mol. The van der Waals surface area contributed by atoms with Crippen molar-refractivity contribution >= 4 is 12.0 Å². The molecule has 2 aromatic carbocycles. The zero-order chi connectivity index (χ0) is 28.8. The van der Waals surface area contributed by atoms with Gasteiger partial charge in [-0.3, -0.25) is 4.79 Å². The SMILES string of the molecule is COC(=O)N[C@H]1CCCC[C@@H]1n1cnc(C(=O)N2CCNC[C@H]2CCOc2ccc(F)c(F)c2)c1-c1ccccc1. The first kappa shape index (κ1) is 28.5. The molecule has 2 heterocycles. The molecule has 0 radical (unpaired) electrons. The van der Waals surface area contributed by atoms with E-state index in [9.17, 15) is 18.4 Å². The third-order valence-electron chi connectivity index (χ3n) is 7.84. The number of alkyl carbamates (subject to hydrolysis) is 1. The molecule has 41 heavy (non-hydrogen) atoms. The number of methoxy groups -OCH3 is 1. The van der Waals surface area contributed by atoms with E-state index in [4.69, 9.17) is 9.47 Å². The van der Waals surface area contributed by atoms with E-state index in [-0.39, 0.29) is 36.4 Å². The summed E-state index contributed by atoms with van der Waals surface area (Å²) in [5.74, 6) is -1.85. The summed E-state index contributed by atoms with van der Waals surface area (Å²) < 4.78 is 39.4. The van der Waals surface area contributed by atoms with Gasteiger partial charge in [0.1, 0.15) is 5.75 Å². The maximum absolute atomic E-state index is 14.1. The van der Waals surface area contributed by atoms with Crippen LogP contribution in [-0.4, -0.2) is 71.9 Å². The molecule has 3 atom stereocenters. The predicted molar refractivity (Wildman–Crippen MR) is 149 cm³/mol. The van der Waals surface area contributed by atoms with Crippen molar-refractivity contribution in [3.63, 3.8) is 0 Å². The smallest absolute Gasteiger partial charge is 0.407 e. The summed E-state index contributed by atoms with van der Waals surface area (Å²) in [6, 6.07) is 12.7. The highest BCUT2D eigenvalue weighted by Crippen LogP contribution is 2.35. The van der Waals surface area contributed by atoms with Gasteiger partial charge in [-0.25, -0.2) is 18.6 Å². The minimum atomic E-state index is -0.968. The first-order valence-electron chi connectivity index (χ1n) is 14.0. The number of carbonyl (C=O) groups excluding carboxylic acids is 2. The van der Waals surface area contributed by atoms with Crippen molar-refractivity contribution in [3.05, 3.63) is 72.2 Å². The molecule has 0 bridgehead atoms. The molecule has 1 aliphatic heterocycles. The van der Waals surface area contributed by atoms with Gasteiger partial charge in [0.15, 0.2) is 17.3 Å². The number of amides is 2. The molecule has 0 spiro atoms. The van der Waals surface area contributed by atoms with Gasteiger partial charge in [-0.15, -0.1) is 0 Å². The third-order valence-corrected chi connectivity index (χ3v) is 7.84. The predicted octanol–water partition coefficient (Wildman–Crippen LogP) is 4.55. The number of halogens is 2. The molecule has 218 valence electrons. The number of imidazole rings is 1. The molecule has 0 unspecified atom stereocenters. The monoisotopic (exact) mass is 567 g/mol. The Hall–Kier alpha value is -3.99. The maximum atomic E-state index is 14.1. The fourth-order valence-electron chi connectivity index (χ4n) is 5.78. The second-order valence-corrected chi connectivity index (χ2v) is 10.4. The van der Waals surface area contributed by atoms with Crippen LogP contribution in [0.2, 0.25) is 0 Å². The molecule has 2 N–H and O–H groups in total. The van der Waals surface area contributed by atoms with Crippen LogP contribution in [0.3, 0.4) is 0 Å². The Bertz CT molecular complexity index is 1350. The molecule has 3 aromatic rings. The summed E-state index contributed by atoms with van der Waals surface area (Å²) in [4.78, 5) is 32.7. The number of nitrogens with zero attached hydrogens (tertiary/aromatic N) is 3. The summed E-state index contributed by atoms with van der Waals surface area (Å²) >= 11 is 0. The van der Waals surface area contributed by atoms with Crippen LogP contribution in [0.4, 0.5) is 13.6 Å². The Morgan fingerprint density at radius 2 is 1.90 bits per heavy atom. The lowest BCUT2D eigenvalue weighted by Crippen LogP contribution is -2.54. The van der Waals surface area contributed by atoms with Crippen molar-refractivity contribution < 1.29 is 27.8 Å². The zero-order valence-corrected chi connectivity index (χ0v) is 23.0. The first-order chi connectivity index (χ1) is 20.0. The van der Waals surface area contributed by atoms with Crippen LogP contribution in [0.15, 0.2) is 54.9 Å². The number of ether oxygens (including phenoxy) is 2. The molecule has 2 amide bonds. The number of hydrogen-bond donors (Lipinski definition) is 2. The van der Waals surface area contributed by atoms with E-state index >= 15 is 0 Å². The lowest BCUT2D eigenvalue weighted by molar-refractivity contribution is 0.0601. The Balaban J connectivity index is 1.40. The van der Waals surface area contributed by atoms with Crippen LogP contribution in [-0.2, 0) is 4.74 Å². The molecule has 1 aliphatic carbocycles. The highest BCUT2D eigenvalue weighted by molar-refractivity contribution is 5.98. The average molecular weight is 568 g/mol. The first-order valence-corrected chi connectivity index (χ1v) is 14.0. The van der Waals surface area contributed by atoms with Gasteiger partial charge >= 0.3 is 6.09 Å². The Morgan fingerprint density at radius 1 is 1.10 bits per heavy atom. The highest BCUT2D eigenvalue weighted by Gasteiger charge is 2.35. The van der Waals surface area contributed by atoms with Gasteiger partial charge in [-0.05, 0) is 25.0 Å². The van der Waals surface area contributed by atoms with Crippen molar-refractivity contribution in [1.29, 1.82) is 0 Å². The van der Waals surface area contributed by atoms with Crippen molar-refractivity contribution in [2.75, 3.05) is 33.4 Å². The number of benzene rings is 2. The number of rotatable bonds is 8. The minimum absolute atomic E-state index is 0.0876. The van der Waals surface area contributed by atoms with Gasteiger partial charge < -0.3 is 29.6 Å². The number of carbonyl (C=O) groups is 2. The van der Waals surface area contributed by atoms with Crippen molar-refractivity contribution in [2.45, 2.75) is 50.2 Å². The van der Waals surface area contributed by atoms with Crippen LogP contribution in [0.1, 0.15) is 48.6 Å². The van der Waals surface area contributed by atoms with Crippen LogP contribution in [0.5, 0.6) is 5.75 Å². The van der Waals surface area contributed by atoms with Gasteiger partial charge in [0.2, 0.25) is 0 Å². The average Bonchev–Trinajstić information content (AvgIpc) is 3.44. The lowest BCUT2D eigenvalue weighted by atomic mass is 9.89. The summed E-state index contributed by atoms with van der Waals surface area (Å²) in [6.07, 6.45) is 5.34. The van der Waals surface area contributed by atoms with E-state index in [1.165, 1.54) is 13.2 Å². The fraction of sp³-hybridized carbons (Fsp3) is 0.433. The standard InChI is InChI=1S/C30H35F2N5O4/c1-40-30(39)35-25-9-5-6-10-26(25)37-19-34-27(28(37)20-7-3-2-4-8-20)29(38)36-15-14-33-18-21(36)13-16-41-22-11-12-23(31)24(32)17-22/h2-4,7-8,11-12,17,19,21,25-26,33H,5-6,9-10,13-16,18H2,1H3,(H,35,39)/t21-,25+,26+/m1/s1. The van der Waals surface area contributed by atoms with Crippen molar-refractivity contribution in [1.82, 2.24) is 25.1 Å². The van der Waals surface area contributed by atoms with Gasteiger partial charge in [0.05, 0.1) is 37.8 Å². The van der Waals surface area contributed by atoms with E-state index < -0.39 is 17.7 Å². The molecule has 2 fully saturated rings. The zero-order valence-electron chi connectivity index (χ0n) is 23.0. The Morgan fingerprint density at radius 3 is 2.68 bits per heavy atom. The van der Waals surface area contributed by atoms with Crippen molar-refractivity contribution in [3.8, 4) is 17.0 Å². The van der Waals surface area contributed by atoms with E-state index in [1.54, 1.807) is 6.33 Å². The molecular formula is C30H35F2N5O4. The Labute approximate surface area is 237 Å². The van der Waals surface area contributed by atoms with Crippen LogP contribution < -0.4 is 15.4 Å². The van der Waals surface area contributed by atoms with Gasteiger partial charge in [0, 0.05) is 43.7 Å². The van der Waals surface area contributed by atoms with E-state index in [2.05, 4.69) is 15.6 Å². The third kappa shape index (κ3) is 6.51. The van der Waals surface area contributed by atoms with E-state index in [1.807, 2.05) is 39.8 Å². The van der Waals surface area contributed by atoms with Crippen LogP contribution in [0, 0.1) is 11.6 Å². The minimum Gasteiger partial charge on any atom is -0.493 e. The second-order valence-electron chi connectivity index (χ2n) is 10.4. The molecule has 9 nitrogen and oxygen atoms in total. The maximum Gasteiger partial charge on any atom is 0.407 e. The summed E-state index contributed by atoms with van der Waals surface area (Å²) in [6.45, 7) is 1.93. The largest absolute Gasteiger partial charge is 0.493 e. The Kier molecular flexibility index (Phi) is 9.13. The summed E-state index contributed by atoms with van der Waals surface area (Å²) in [5.41, 5.74) is 1.94. The van der Waals surface area contributed by atoms with Gasteiger partial charge in [0.25, 0.3) is 5.91 Å².